The van der Waals surface area contributed by atoms with Gasteiger partial charge in [0, 0.05) is 6.04 Å². The van der Waals surface area contributed by atoms with Crippen LogP contribution in [0.3, 0.4) is 0 Å². The van der Waals surface area contributed by atoms with E-state index in [0.29, 0.717) is 16.9 Å². The van der Waals surface area contributed by atoms with Crippen LogP contribution < -0.4 is 5.32 Å². The lowest BCUT2D eigenvalue weighted by Gasteiger charge is -2.15. The van der Waals surface area contributed by atoms with Gasteiger partial charge in [0.2, 0.25) is 0 Å². The summed E-state index contributed by atoms with van der Waals surface area (Å²) in [5.74, 6) is 1.68. The Morgan fingerprint density at radius 1 is 0.938 bits per heavy atom. The second kappa shape index (κ2) is 4.68. The molecule has 0 aromatic heterocycles. The van der Waals surface area contributed by atoms with Gasteiger partial charge in [0.1, 0.15) is 0 Å². The van der Waals surface area contributed by atoms with E-state index >= 15 is 0 Å². The first-order valence-electron chi connectivity index (χ1n) is 6.93. The van der Waals surface area contributed by atoms with Gasteiger partial charge in [-0.05, 0) is 49.0 Å². The highest BCUT2D eigenvalue weighted by Crippen LogP contribution is 2.67. The fourth-order valence-corrected chi connectivity index (χ4v) is 2.85. The van der Waals surface area contributed by atoms with Crippen molar-refractivity contribution in [1.29, 1.82) is 0 Å². The molecule has 1 heteroatoms. The Morgan fingerprint density at radius 3 is 1.81 bits per heavy atom. The highest BCUT2D eigenvalue weighted by atomic mass is 14.9. The minimum absolute atomic E-state index is 0.526. The molecule has 0 amide bonds. The summed E-state index contributed by atoms with van der Waals surface area (Å²) in [4.78, 5) is 0. The number of hydrogen-bond acceptors (Lipinski definition) is 1. The summed E-state index contributed by atoms with van der Waals surface area (Å²) in [6, 6.07) is 0.676. The van der Waals surface area contributed by atoms with E-state index in [1.54, 1.807) is 0 Å². The molecule has 1 fully saturated rings. The third-order valence-electron chi connectivity index (χ3n) is 5.17. The van der Waals surface area contributed by atoms with E-state index < -0.39 is 0 Å². The van der Waals surface area contributed by atoms with Gasteiger partial charge in [-0.2, -0.15) is 0 Å². The number of hydrogen-bond donors (Lipinski definition) is 1. The van der Waals surface area contributed by atoms with Crippen LogP contribution in [0.4, 0.5) is 0 Å². The molecule has 1 aliphatic carbocycles. The van der Waals surface area contributed by atoms with E-state index in [9.17, 15) is 0 Å². The van der Waals surface area contributed by atoms with Crippen LogP contribution in [0.2, 0.25) is 0 Å². The van der Waals surface area contributed by atoms with Gasteiger partial charge in [-0.25, -0.2) is 0 Å². The molecular weight excluding hydrogens is 194 g/mol. The summed E-state index contributed by atoms with van der Waals surface area (Å²) in [7, 11) is 0. The van der Waals surface area contributed by atoms with Crippen LogP contribution in [-0.2, 0) is 0 Å². The first-order chi connectivity index (χ1) is 7.19. The van der Waals surface area contributed by atoms with Crippen molar-refractivity contribution in [3.8, 4) is 0 Å². The molecule has 1 atom stereocenters. The Kier molecular flexibility index (Phi) is 4.10. The molecule has 0 heterocycles. The van der Waals surface area contributed by atoms with Crippen molar-refractivity contribution in [3.63, 3.8) is 0 Å². The minimum Gasteiger partial charge on any atom is -0.314 e. The van der Waals surface area contributed by atoms with E-state index in [0.717, 1.165) is 11.8 Å². The molecule has 0 saturated heterocycles. The molecule has 0 aromatic rings. The zero-order valence-electron chi connectivity index (χ0n) is 12.4. The fourth-order valence-electron chi connectivity index (χ4n) is 2.85. The van der Waals surface area contributed by atoms with Crippen molar-refractivity contribution in [1.82, 2.24) is 5.32 Å². The van der Waals surface area contributed by atoms with E-state index in [2.05, 4.69) is 53.8 Å². The lowest BCUT2D eigenvalue weighted by molar-refractivity contribution is 0.425. The molecule has 1 unspecified atom stereocenters. The molecule has 0 radical (unpaired) electrons. The molecule has 0 aliphatic heterocycles. The fraction of sp³-hybridized carbons (Fsp3) is 1.00. The summed E-state index contributed by atoms with van der Waals surface area (Å²) in [6.45, 7) is 17.7. The van der Waals surface area contributed by atoms with Gasteiger partial charge >= 0.3 is 0 Å². The van der Waals surface area contributed by atoms with Gasteiger partial charge in [-0.1, -0.05) is 41.5 Å². The minimum atomic E-state index is 0.526. The maximum Gasteiger partial charge on any atom is 0.00389 e. The van der Waals surface area contributed by atoms with Crippen molar-refractivity contribution in [2.45, 2.75) is 67.3 Å². The largest absolute Gasteiger partial charge is 0.314 e. The first kappa shape index (κ1) is 14.0. The van der Waals surface area contributed by atoms with Gasteiger partial charge in [-0.3, -0.25) is 0 Å². The van der Waals surface area contributed by atoms with Gasteiger partial charge in [-0.15, -0.1) is 0 Å². The van der Waals surface area contributed by atoms with Crippen LogP contribution in [0.25, 0.3) is 0 Å². The average Bonchev–Trinajstić information content (AvgIpc) is 2.51. The lowest BCUT2D eigenvalue weighted by atomic mass is 10.0. The number of nitrogens with one attached hydrogen (secondary N) is 1. The standard InChI is InChI=1S/C15H31N/c1-11(2)8-9-12(3)16-10-13-14(4,5)15(13,6)7/h11-13,16H,8-10H2,1-7H3. The van der Waals surface area contributed by atoms with Gasteiger partial charge in [0.25, 0.3) is 0 Å². The summed E-state index contributed by atoms with van der Waals surface area (Å²) in [5, 5.41) is 3.71. The zero-order valence-corrected chi connectivity index (χ0v) is 12.4. The molecule has 0 aromatic carbocycles. The smallest absolute Gasteiger partial charge is 0.00389 e. The predicted molar refractivity (Wildman–Crippen MR) is 72.6 cm³/mol. The van der Waals surface area contributed by atoms with Gasteiger partial charge < -0.3 is 5.32 Å². The maximum atomic E-state index is 3.71. The normalized spacial score (nSPS) is 24.8. The molecule has 0 bridgehead atoms. The Bertz CT molecular complexity index is 214. The van der Waals surface area contributed by atoms with Crippen LogP contribution in [0.1, 0.15) is 61.3 Å². The maximum absolute atomic E-state index is 3.71. The molecule has 1 aliphatic rings. The summed E-state index contributed by atoms with van der Waals surface area (Å²) < 4.78 is 0. The number of rotatable bonds is 6. The van der Waals surface area contributed by atoms with E-state index in [1.807, 2.05) is 0 Å². The van der Waals surface area contributed by atoms with E-state index in [-0.39, 0.29) is 0 Å². The third kappa shape index (κ3) is 2.80. The van der Waals surface area contributed by atoms with Gasteiger partial charge in [0.05, 0.1) is 0 Å². The van der Waals surface area contributed by atoms with Crippen LogP contribution in [-0.4, -0.2) is 12.6 Å². The molecule has 0 spiro atoms. The quantitative estimate of drug-likeness (QED) is 0.718. The van der Waals surface area contributed by atoms with Crippen LogP contribution >= 0.6 is 0 Å². The van der Waals surface area contributed by atoms with Crippen molar-refractivity contribution in [3.05, 3.63) is 0 Å². The van der Waals surface area contributed by atoms with Crippen LogP contribution in [0, 0.1) is 22.7 Å². The Hall–Kier alpha value is -0.0400. The predicted octanol–water partition coefficient (Wildman–Crippen LogP) is 4.08. The molecule has 1 saturated carbocycles. The monoisotopic (exact) mass is 225 g/mol. The van der Waals surface area contributed by atoms with Crippen LogP contribution in [0.5, 0.6) is 0 Å². The molecule has 1 nitrogen and oxygen atoms in total. The van der Waals surface area contributed by atoms with Crippen molar-refractivity contribution in [2.24, 2.45) is 22.7 Å². The third-order valence-corrected chi connectivity index (χ3v) is 5.17. The molecule has 1 rings (SSSR count). The summed E-state index contributed by atoms with van der Waals surface area (Å²) >= 11 is 0. The lowest BCUT2D eigenvalue weighted by Crippen LogP contribution is -2.29. The van der Waals surface area contributed by atoms with Crippen molar-refractivity contribution >= 4 is 0 Å². The van der Waals surface area contributed by atoms with Crippen LogP contribution in [0.15, 0.2) is 0 Å². The highest BCUT2D eigenvalue weighted by molar-refractivity contribution is 5.12. The van der Waals surface area contributed by atoms with Crippen molar-refractivity contribution in [2.75, 3.05) is 6.54 Å². The Labute approximate surface area is 102 Å². The second-order valence-corrected chi connectivity index (χ2v) is 7.28. The Morgan fingerprint density at radius 2 is 1.44 bits per heavy atom. The molecule has 16 heavy (non-hydrogen) atoms. The molecular formula is C15H31N. The SMILES string of the molecule is CC(C)CCC(C)NCC1C(C)(C)C1(C)C. The summed E-state index contributed by atoms with van der Waals surface area (Å²) in [6.07, 6.45) is 2.65. The van der Waals surface area contributed by atoms with Crippen molar-refractivity contribution < 1.29 is 0 Å². The van der Waals surface area contributed by atoms with E-state index in [4.69, 9.17) is 0 Å². The average molecular weight is 225 g/mol. The topological polar surface area (TPSA) is 12.0 Å². The molecule has 1 N–H and O–H groups in total. The van der Waals surface area contributed by atoms with Gasteiger partial charge in [0.15, 0.2) is 0 Å². The molecule has 96 valence electrons. The highest BCUT2D eigenvalue weighted by Gasteiger charge is 2.63. The summed E-state index contributed by atoms with van der Waals surface area (Å²) in [5.41, 5.74) is 1.05. The second-order valence-electron chi connectivity index (χ2n) is 7.28. The zero-order chi connectivity index (χ0) is 12.6. The first-order valence-corrected chi connectivity index (χ1v) is 6.93. The Balaban J connectivity index is 2.22. The van der Waals surface area contributed by atoms with E-state index in [1.165, 1.54) is 19.4 Å².